The van der Waals surface area contributed by atoms with Gasteiger partial charge in [0.2, 0.25) is 0 Å². The van der Waals surface area contributed by atoms with E-state index in [9.17, 15) is 0 Å². The molecule has 0 amide bonds. The maximum absolute atomic E-state index is 3.85. The summed E-state index contributed by atoms with van der Waals surface area (Å²) in [6.07, 6.45) is 1.74. The van der Waals surface area contributed by atoms with Gasteiger partial charge in [-0.2, -0.15) is 0 Å². The zero-order valence-corrected chi connectivity index (χ0v) is 9.71. The van der Waals surface area contributed by atoms with Gasteiger partial charge in [0.05, 0.1) is 12.9 Å². The van der Waals surface area contributed by atoms with Gasteiger partial charge in [0.25, 0.3) is 0 Å². The summed E-state index contributed by atoms with van der Waals surface area (Å²) >= 11 is 0. The molecular formula is C15H16N2. The predicted molar refractivity (Wildman–Crippen MR) is 73.2 cm³/mol. The van der Waals surface area contributed by atoms with Crippen molar-refractivity contribution < 1.29 is 0 Å². The van der Waals surface area contributed by atoms with Crippen molar-refractivity contribution in [2.24, 2.45) is 4.99 Å². The van der Waals surface area contributed by atoms with Gasteiger partial charge in [-0.05, 0) is 11.1 Å². The Balaban J connectivity index is 0.000000181. The lowest BCUT2D eigenvalue weighted by Crippen LogP contribution is -2.04. The molecule has 0 unspecified atom stereocenters. The molecule has 2 heteroatoms. The zero-order chi connectivity index (χ0) is 11.8. The summed E-state index contributed by atoms with van der Waals surface area (Å²) < 4.78 is 0. The highest BCUT2D eigenvalue weighted by molar-refractivity contribution is 5.62. The van der Waals surface area contributed by atoms with Crippen molar-refractivity contribution in [3.8, 4) is 11.1 Å². The van der Waals surface area contributed by atoms with E-state index in [1.165, 1.54) is 11.1 Å². The molecule has 0 aliphatic carbocycles. The Morgan fingerprint density at radius 1 is 0.765 bits per heavy atom. The van der Waals surface area contributed by atoms with E-state index < -0.39 is 0 Å². The van der Waals surface area contributed by atoms with Gasteiger partial charge in [0.1, 0.15) is 0 Å². The van der Waals surface area contributed by atoms with Gasteiger partial charge < -0.3 is 5.32 Å². The van der Waals surface area contributed by atoms with Crippen molar-refractivity contribution >= 4 is 6.34 Å². The average Bonchev–Trinajstić information content (AvgIpc) is 3.00. The summed E-state index contributed by atoms with van der Waals surface area (Å²) in [5.41, 5.74) is 2.55. The molecular weight excluding hydrogens is 208 g/mol. The Labute approximate surface area is 102 Å². The predicted octanol–water partition coefficient (Wildman–Crippen LogP) is 2.97. The molecule has 2 aromatic carbocycles. The van der Waals surface area contributed by atoms with Gasteiger partial charge in [-0.15, -0.1) is 0 Å². The van der Waals surface area contributed by atoms with Gasteiger partial charge >= 0.3 is 0 Å². The molecule has 1 aliphatic rings. The molecule has 2 nitrogen and oxygen atoms in total. The molecule has 0 bridgehead atoms. The normalized spacial score (nSPS) is 12.5. The Morgan fingerprint density at radius 2 is 1.29 bits per heavy atom. The number of nitrogens with one attached hydrogen (secondary N) is 1. The first-order valence-corrected chi connectivity index (χ1v) is 5.79. The van der Waals surface area contributed by atoms with E-state index in [2.05, 4.69) is 58.8 Å². The fraction of sp³-hybridized carbons (Fsp3) is 0.133. The molecule has 86 valence electrons. The van der Waals surface area contributed by atoms with Crippen molar-refractivity contribution in [1.29, 1.82) is 0 Å². The first kappa shape index (κ1) is 11.4. The fourth-order valence-electron chi connectivity index (χ4n) is 1.58. The van der Waals surface area contributed by atoms with E-state index in [0.29, 0.717) is 0 Å². The first-order chi connectivity index (χ1) is 8.47. The Morgan fingerprint density at radius 3 is 1.59 bits per heavy atom. The smallest absolute Gasteiger partial charge is 0.0825 e. The maximum Gasteiger partial charge on any atom is 0.0825 e. The quantitative estimate of drug-likeness (QED) is 0.791. The molecule has 0 spiro atoms. The maximum atomic E-state index is 3.85. The largest absolute Gasteiger partial charge is 0.375 e. The molecule has 1 heterocycles. The standard InChI is InChI=1S/C12H10.C3H6N2/c1-3-7-11(8-4-1)12-9-5-2-6-10-12;1-2-5-3-4-1/h1-10H;3H,1-2H2,(H,4,5). The highest BCUT2D eigenvalue weighted by Gasteiger charge is 1.91. The van der Waals surface area contributed by atoms with E-state index in [-0.39, 0.29) is 0 Å². The third-order valence-corrected chi connectivity index (χ3v) is 2.45. The van der Waals surface area contributed by atoms with Crippen LogP contribution in [0.25, 0.3) is 11.1 Å². The van der Waals surface area contributed by atoms with E-state index in [4.69, 9.17) is 0 Å². The minimum atomic E-state index is 0.958. The minimum Gasteiger partial charge on any atom is -0.375 e. The van der Waals surface area contributed by atoms with Gasteiger partial charge in [-0.3, -0.25) is 4.99 Å². The lowest BCUT2D eigenvalue weighted by molar-refractivity contribution is 0.965. The van der Waals surface area contributed by atoms with E-state index in [0.717, 1.165) is 13.1 Å². The third-order valence-electron chi connectivity index (χ3n) is 2.45. The van der Waals surface area contributed by atoms with E-state index >= 15 is 0 Å². The van der Waals surface area contributed by atoms with Crippen molar-refractivity contribution in [3.63, 3.8) is 0 Å². The first-order valence-electron chi connectivity index (χ1n) is 5.79. The van der Waals surface area contributed by atoms with E-state index in [1.54, 1.807) is 6.34 Å². The van der Waals surface area contributed by atoms with Crippen molar-refractivity contribution in [2.75, 3.05) is 13.1 Å². The van der Waals surface area contributed by atoms with Crippen LogP contribution in [0.3, 0.4) is 0 Å². The minimum absolute atomic E-state index is 0.958. The summed E-state index contributed by atoms with van der Waals surface area (Å²) in [4.78, 5) is 3.85. The van der Waals surface area contributed by atoms with Crippen LogP contribution in [0.1, 0.15) is 0 Å². The molecule has 0 atom stereocenters. The van der Waals surface area contributed by atoms with Crippen molar-refractivity contribution in [1.82, 2.24) is 5.32 Å². The Kier molecular flexibility index (Phi) is 4.35. The third kappa shape index (κ3) is 3.76. The van der Waals surface area contributed by atoms with Gasteiger partial charge in [0, 0.05) is 6.54 Å². The van der Waals surface area contributed by atoms with E-state index in [1.807, 2.05) is 12.1 Å². The average molecular weight is 224 g/mol. The summed E-state index contributed by atoms with van der Waals surface area (Å²) in [6, 6.07) is 20.8. The molecule has 0 fully saturated rings. The van der Waals surface area contributed by atoms with Crippen LogP contribution in [-0.4, -0.2) is 19.4 Å². The van der Waals surface area contributed by atoms with Crippen molar-refractivity contribution in [3.05, 3.63) is 60.7 Å². The van der Waals surface area contributed by atoms with Crippen molar-refractivity contribution in [2.45, 2.75) is 0 Å². The number of nitrogens with zero attached hydrogens (tertiary/aromatic N) is 1. The number of hydrogen-bond donors (Lipinski definition) is 1. The highest BCUT2D eigenvalue weighted by Crippen LogP contribution is 2.17. The second-order valence-corrected chi connectivity index (χ2v) is 3.72. The molecule has 1 aliphatic heterocycles. The number of hydrogen-bond acceptors (Lipinski definition) is 2. The van der Waals surface area contributed by atoms with Gasteiger partial charge in [-0.25, -0.2) is 0 Å². The fourth-order valence-corrected chi connectivity index (χ4v) is 1.58. The van der Waals surface area contributed by atoms with Crippen LogP contribution in [0.15, 0.2) is 65.7 Å². The molecule has 0 saturated carbocycles. The number of rotatable bonds is 1. The van der Waals surface area contributed by atoms with Crippen LogP contribution in [0.5, 0.6) is 0 Å². The lowest BCUT2D eigenvalue weighted by atomic mass is 10.1. The Bertz CT molecular complexity index is 405. The summed E-state index contributed by atoms with van der Waals surface area (Å²) in [5, 5.41) is 2.93. The summed E-state index contributed by atoms with van der Waals surface area (Å²) in [5.74, 6) is 0. The summed E-state index contributed by atoms with van der Waals surface area (Å²) in [7, 11) is 0. The second-order valence-electron chi connectivity index (χ2n) is 3.72. The molecule has 3 rings (SSSR count). The van der Waals surface area contributed by atoms with Crippen LogP contribution < -0.4 is 5.32 Å². The van der Waals surface area contributed by atoms with Gasteiger partial charge in [-0.1, -0.05) is 60.7 Å². The summed E-state index contributed by atoms with van der Waals surface area (Å²) in [6.45, 7) is 1.99. The highest BCUT2D eigenvalue weighted by atomic mass is 15.0. The van der Waals surface area contributed by atoms with Gasteiger partial charge in [0.15, 0.2) is 0 Å². The number of aliphatic imine (C=N–C) groups is 1. The zero-order valence-electron chi connectivity index (χ0n) is 9.71. The SMILES string of the molecule is C1=NCCN1.c1ccc(-c2ccccc2)cc1. The molecule has 0 saturated heterocycles. The van der Waals surface area contributed by atoms with Crippen LogP contribution >= 0.6 is 0 Å². The van der Waals surface area contributed by atoms with Crippen LogP contribution in [0.2, 0.25) is 0 Å². The van der Waals surface area contributed by atoms with Crippen LogP contribution in [-0.2, 0) is 0 Å². The van der Waals surface area contributed by atoms with Crippen LogP contribution in [0.4, 0.5) is 0 Å². The number of benzene rings is 2. The molecule has 0 radical (unpaired) electrons. The topological polar surface area (TPSA) is 24.4 Å². The Hall–Kier alpha value is -2.09. The monoisotopic (exact) mass is 224 g/mol. The molecule has 0 aromatic heterocycles. The molecule has 1 N–H and O–H groups in total. The molecule has 2 aromatic rings. The molecule has 17 heavy (non-hydrogen) atoms. The lowest BCUT2D eigenvalue weighted by Gasteiger charge is -1.98. The van der Waals surface area contributed by atoms with Crippen LogP contribution in [0, 0.1) is 0 Å². The second kappa shape index (κ2) is 6.48.